The van der Waals surface area contributed by atoms with Crippen molar-refractivity contribution < 1.29 is 18.4 Å². The second-order valence-corrected chi connectivity index (χ2v) is 5.70. The Morgan fingerprint density at radius 1 is 1.21 bits per heavy atom. The van der Waals surface area contributed by atoms with Crippen molar-refractivity contribution >= 4 is 33.3 Å². The molecule has 0 bridgehead atoms. The molecule has 6 heteroatoms. The number of ketones is 1. The van der Waals surface area contributed by atoms with Gasteiger partial charge in [0.15, 0.2) is 11.6 Å². The van der Waals surface area contributed by atoms with Gasteiger partial charge in [-0.1, -0.05) is 15.9 Å². The number of halogens is 3. The predicted octanol–water partition coefficient (Wildman–Crippen LogP) is 2.67. The van der Waals surface area contributed by atoms with Crippen molar-refractivity contribution in [3.63, 3.8) is 0 Å². The fourth-order valence-electron chi connectivity index (χ4n) is 2.29. The number of carbonyl (C=O) groups excluding carboxylic acids is 2. The molecule has 1 fully saturated rings. The lowest BCUT2D eigenvalue weighted by Crippen LogP contribution is -2.35. The molecule has 1 amide bonds. The smallest absolute Gasteiger partial charge is 0.299 e. The van der Waals surface area contributed by atoms with E-state index >= 15 is 0 Å². The van der Waals surface area contributed by atoms with Crippen LogP contribution in [0.15, 0.2) is 12.1 Å². The van der Waals surface area contributed by atoms with E-state index in [0.717, 1.165) is 30.3 Å². The topological polar surface area (TPSA) is 37.4 Å². The van der Waals surface area contributed by atoms with Crippen LogP contribution in [0.4, 0.5) is 14.5 Å². The Kier molecular flexibility index (Phi) is 2.74. The number of carbonyl (C=O) groups is 2. The van der Waals surface area contributed by atoms with E-state index in [4.69, 9.17) is 0 Å². The molecular weight excluding hydrogens is 320 g/mol. The first-order valence-corrected chi connectivity index (χ1v) is 7.01. The summed E-state index contributed by atoms with van der Waals surface area (Å²) >= 11 is 3.38. The molecule has 100 valence electrons. The molecule has 3 rings (SSSR count). The zero-order valence-corrected chi connectivity index (χ0v) is 11.5. The third-order valence-corrected chi connectivity index (χ3v) is 4.94. The summed E-state index contributed by atoms with van der Waals surface area (Å²) in [6.07, 6.45) is 1.91. The maximum Gasteiger partial charge on any atom is 0.299 e. The van der Waals surface area contributed by atoms with Crippen LogP contribution < -0.4 is 4.90 Å². The average Bonchev–Trinajstić information content (AvgIpc) is 3.13. The van der Waals surface area contributed by atoms with Gasteiger partial charge in [-0.05, 0) is 24.3 Å². The van der Waals surface area contributed by atoms with Crippen molar-refractivity contribution in [3.8, 4) is 0 Å². The molecule has 1 aromatic rings. The molecule has 1 aliphatic carbocycles. The number of rotatable bonds is 3. The first-order valence-electron chi connectivity index (χ1n) is 5.89. The number of alkyl halides is 1. The fourth-order valence-corrected chi connectivity index (χ4v) is 3.03. The van der Waals surface area contributed by atoms with E-state index in [2.05, 4.69) is 15.9 Å². The summed E-state index contributed by atoms with van der Waals surface area (Å²) in [5.41, 5.74) is 0.0954. The lowest BCUT2D eigenvalue weighted by molar-refractivity contribution is -0.114. The summed E-state index contributed by atoms with van der Waals surface area (Å²) in [6.45, 7) is 0.362. The highest BCUT2D eigenvalue weighted by Gasteiger charge is 2.47. The molecule has 0 saturated heterocycles. The van der Waals surface area contributed by atoms with Crippen LogP contribution in [0, 0.1) is 17.0 Å². The van der Waals surface area contributed by atoms with Crippen LogP contribution in [-0.4, -0.2) is 23.6 Å². The molecule has 1 aromatic carbocycles. The summed E-state index contributed by atoms with van der Waals surface area (Å²) in [6, 6.07) is 1.73. The molecule has 19 heavy (non-hydrogen) atoms. The third kappa shape index (κ3) is 1.89. The van der Waals surface area contributed by atoms with E-state index in [1.165, 1.54) is 4.90 Å². The van der Waals surface area contributed by atoms with Crippen molar-refractivity contribution in [2.24, 2.45) is 5.41 Å². The van der Waals surface area contributed by atoms with Crippen LogP contribution in [0.25, 0.3) is 0 Å². The molecule has 0 atom stereocenters. The number of amides is 1. The van der Waals surface area contributed by atoms with Gasteiger partial charge in [-0.3, -0.25) is 9.59 Å². The van der Waals surface area contributed by atoms with Gasteiger partial charge in [-0.2, -0.15) is 0 Å². The van der Waals surface area contributed by atoms with Gasteiger partial charge in [0.05, 0.1) is 11.3 Å². The van der Waals surface area contributed by atoms with E-state index in [-0.39, 0.29) is 16.7 Å². The van der Waals surface area contributed by atoms with Crippen LogP contribution in [-0.2, 0) is 4.79 Å². The number of fused-ring (bicyclic) bond motifs is 1. The molecule has 0 spiro atoms. The first-order chi connectivity index (χ1) is 8.97. The summed E-state index contributed by atoms with van der Waals surface area (Å²) < 4.78 is 26.5. The van der Waals surface area contributed by atoms with Crippen LogP contribution in [0.2, 0.25) is 0 Å². The maximum atomic E-state index is 13.3. The molecule has 0 radical (unpaired) electrons. The van der Waals surface area contributed by atoms with Gasteiger partial charge in [0.1, 0.15) is 0 Å². The Morgan fingerprint density at radius 2 is 1.84 bits per heavy atom. The zero-order valence-electron chi connectivity index (χ0n) is 9.88. The summed E-state index contributed by atoms with van der Waals surface area (Å²) in [5, 5.41) is 0.719. The minimum atomic E-state index is -1.11. The Labute approximate surface area is 116 Å². The molecule has 0 aromatic heterocycles. The average molecular weight is 330 g/mol. The Hall–Kier alpha value is -1.30. The lowest BCUT2D eigenvalue weighted by Gasteiger charge is -2.22. The van der Waals surface area contributed by atoms with Crippen LogP contribution in [0.1, 0.15) is 23.2 Å². The number of hydrogen-bond donors (Lipinski definition) is 0. The quantitative estimate of drug-likeness (QED) is 0.631. The second kappa shape index (κ2) is 4.10. The fraction of sp³-hybridized carbons (Fsp3) is 0.385. The van der Waals surface area contributed by atoms with E-state index in [0.29, 0.717) is 6.54 Å². The van der Waals surface area contributed by atoms with Crippen molar-refractivity contribution in [2.45, 2.75) is 12.8 Å². The van der Waals surface area contributed by atoms with Crippen molar-refractivity contribution in [2.75, 3.05) is 16.8 Å². The van der Waals surface area contributed by atoms with Gasteiger partial charge in [-0.15, -0.1) is 0 Å². The van der Waals surface area contributed by atoms with E-state index < -0.39 is 23.3 Å². The predicted molar refractivity (Wildman–Crippen MR) is 68.5 cm³/mol. The summed E-state index contributed by atoms with van der Waals surface area (Å²) in [5.74, 6) is -3.62. The Bertz CT molecular complexity index is 599. The van der Waals surface area contributed by atoms with Crippen LogP contribution in [0.5, 0.6) is 0 Å². The number of anilines is 1. The Balaban J connectivity index is 2.02. The minimum Gasteiger partial charge on any atom is -0.304 e. The van der Waals surface area contributed by atoms with E-state index in [1.807, 2.05) is 0 Å². The zero-order chi connectivity index (χ0) is 13.8. The van der Waals surface area contributed by atoms with Crippen molar-refractivity contribution in [1.29, 1.82) is 0 Å². The second-order valence-electron chi connectivity index (χ2n) is 5.14. The van der Waals surface area contributed by atoms with Gasteiger partial charge >= 0.3 is 0 Å². The summed E-state index contributed by atoms with van der Waals surface area (Å²) in [4.78, 5) is 25.0. The highest BCUT2D eigenvalue weighted by Crippen LogP contribution is 2.49. The molecule has 1 heterocycles. The summed E-state index contributed by atoms with van der Waals surface area (Å²) in [7, 11) is 0. The minimum absolute atomic E-state index is 0.0393. The molecule has 1 aliphatic heterocycles. The molecular formula is C13H10BrF2NO2. The van der Waals surface area contributed by atoms with Gasteiger partial charge in [0, 0.05) is 17.9 Å². The van der Waals surface area contributed by atoms with Gasteiger partial charge in [-0.25, -0.2) is 8.78 Å². The SMILES string of the molecule is O=C1C(=O)N(CC2(CBr)CC2)c2cc(F)c(F)cc21. The first kappa shape index (κ1) is 12.7. The monoisotopic (exact) mass is 329 g/mol. The van der Waals surface area contributed by atoms with Crippen molar-refractivity contribution in [3.05, 3.63) is 29.3 Å². The molecule has 0 N–H and O–H groups in total. The maximum absolute atomic E-state index is 13.3. The third-order valence-electron chi connectivity index (χ3n) is 3.75. The number of hydrogen-bond acceptors (Lipinski definition) is 2. The standard InChI is InChI=1S/C13H10BrF2NO2/c14-5-13(1-2-13)6-17-10-4-9(16)8(15)3-7(10)11(18)12(17)19/h3-4H,1-2,5-6H2. The highest BCUT2D eigenvalue weighted by atomic mass is 79.9. The lowest BCUT2D eigenvalue weighted by atomic mass is 10.1. The van der Waals surface area contributed by atoms with Crippen LogP contribution >= 0.6 is 15.9 Å². The molecule has 2 aliphatic rings. The molecule has 0 unspecified atom stereocenters. The van der Waals surface area contributed by atoms with Gasteiger partial charge < -0.3 is 4.90 Å². The van der Waals surface area contributed by atoms with E-state index in [9.17, 15) is 18.4 Å². The highest BCUT2D eigenvalue weighted by molar-refractivity contribution is 9.09. The number of Topliss-reactive ketones (excluding diaryl/α,β-unsaturated/α-hetero) is 1. The van der Waals surface area contributed by atoms with Crippen LogP contribution in [0.3, 0.4) is 0 Å². The van der Waals surface area contributed by atoms with E-state index in [1.54, 1.807) is 0 Å². The largest absolute Gasteiger partial charge is 0.304 e. The Morgan fingerprint density at radius 3 is 2.42 bits per heavy atom. The number of nitrogens with zero attached hydrogens (tertiary/aromatic N) is 1. The van der Waals surface area contributed by atoms with Crippen molar-refractivity contribution in [1.82, 2.24) is 0 Å². The van der Waals surface area contributed by atoms with Gasteiger partial charge in [0.2, 0.25) is 0 Å². The molecule has 1 saturated carbocycles. The molecule has 3 nitrogen and oxygen atoms in total. The number of benzene rings is 1. The van der Waals surface area contributed by atoms with Gasteiger partial charge in [0.25, 0.3) is 11.7 Å². The normalized spacial score (nSPS) is 19.8.